The van der Waals surface area contributed by atoms with Crippen LogP contribution in [-0.4, -0.2) is 0 Å². The van der Waals surface area contributed by atoms with E-state index in [9.17, 15) is 0 Å². The summed E-state index contributed by atoms with van der Waals surface area (Å²) in [6, 6.07) is 0. The molecule has 2 aliphatic rings. The van der Waals surface area contributed by atoms with Gasteiger partial charge >= 0.3 is 0 Å². The largest absolute Gasteiger partial charge is 0.0780 e. The van der Waals surface area contributed by atoms with E-state index >= 15 is 0 Å². The standard InChI is InChI=1S/C12H18.C2H6/c1-11-6-5-9-12(10-11)7-3-2-4-8-12;1-2/h5-6,9H,2-4,7-8,10H2,1H3;1-2H3. The third kappa shape index (κ3) is 2.73. The lowest BCUT2D eigenvalue weighted by molar-refractivity contribution is 0.253. The lowest BCUT2D eigenvalue weighted by atomic mass is 9.69. The van der Waals surface area contributed by atoms with Crippen LogP contribution in [0.1, 0.15) is 59.3 Å². The van der Waals surface area contributed by atoms with Crippen molar-refractivity contribution in [3.05, 3.63) is 23.8 Å². The zero-order valence-corrected chi connectivity index (χ0v) is 9.97. The molecule has 80 valence electrons. The van der Waals surface area contributed by atoms with Crippen molar-refractivity contribution in [2.24, 2.45) is 5.41 Å². The topological polar surface area (TPSA) is 0 Å². The molecule has 0 aliphatic heterocycles. The van der Waals surface area contributed by atoms with Gasteiger partial charge in [-0.15, -0.1) is 0 Å². The second-order valence-electron chi connectivity index (χ2n) is 4.47. The zero-order valence-electron chi connectivity index (χ0n) is 9.97. The van der Waals surface area contributed by atoms with Crippen LogP contribution in [0.4, 0.5) is 0 Å². The van der Waals surface area contributed by atoms with Gasteiger partial charge in [-0.25, -0.2) is 0 Å². The van der Waals surface area contributed by atoms with Crippen LogP contribution in [0.3, 0.4) is 0 Å². The molecule has 0 aromatic carbocycles. The van der Waals surface area contributed by atoms with Gasteiger partial charge in [-0.1, -0.05) is 56.9 Å². The minimum atomic E-state index is 0.580. The molecule has 1 fully saturated rings. The van der Waals surface area contributed by atoms with E-state index in [0.717, 1.165) is 0 Å². The molecular weight excluding hydrogens is 168 g/mol. The molecule has 14 heavy (non-hydrogen) atoms. The summed E-state index contributed by atoms with van der Waals surface area (Å²) in [5, 5.41) is 0. The number of hydrogen-bond donors (Lipinski definition) is 0. The molecule has 0 heterocycles. The lowest BCUT2D eigenvalue weighted by Gasteiger charge is -2.36. The summed E-state index contributed by atoms with van der Waals surface area (Å²) in [6.45, 7) is 6.26. The van der Waals surface area contributed by atoms with Gasteiger partial charge in [0.05, 0.1) is 0 Å². The average molecular weight is 192 g/mol. The van der Waals surface area contributed by atoms with E-state index in [0.29, 0.717) is 5.41 Å². The maximum absolute atomic E-state index is 2.46. The predicted molar refractivity (Wildman–Crippen MR) is 64.4 cm³/mol. The van der Waals surface area contributed by atoms with Crippen LogP contribution in [0, 0.1) is 5.41 Å². The summed E-state index contributed by atoms with van der Waals surface area (Å²) < 4.78 is 0. The van der Waals surface area contributed by atoms with Crippen molar-refractivity contribution < 1.29 is 0 Å². The Balaban J connectivity index is 0.000000461. The molecule has 0 aromatic heterocycles. The van der Waals surface area contributed by atoms with E-state index in [1.807, 2.05) is 13.8 Å². The highest BCUT2D eigenvalue weighted by Crippen LogP contribution is 2.44. The number of allylic oxidation sites excluding steroid dienone is 4. The SMILES string of the molecule is CC.CC1=CC=CC2(CCCCC2)C1. The first-order valence-corrected chi connectivity index (χ1v) is 6.16. The van der Waals surface area contributed by atoms with Crippen molar-refractivity contribution in [3.63, 3.8) is 0 Å². The maximum atomic E-state index is 2.46. The minimum Gasteiger partial charge on any atom is -0.0780 e. The summed E-state index contributed by atoms with van der Waals surface area (Å²) in [7, 11) is 0. The summed E-state index contributed by atoms with van der Waals surface area (Å²) in [5.74, 6) is 0. The second kappa shape index (κ2) is 5.38. The maximum Gasteiger partial charge on any atom is -0.00780 e. The van der Waals surface area contributed by atoms with Crippen LogP contribution in [0.15, 0.2) is 23.8 Å². The Morgan fingerprint density at radius 2 is 1.71 bits per heavy atom. The van der Waals surface area contributed by atoms with E-state index in [1.165, 1.54) is 38.5 Å². The van der Waals surface area contributed by atoms with Crippen LogP contribution < -0.4 is 0 Å². The van der Waals surface area contributed by atoms with Crippen molar-refractivity contribution >= 4 is 0 Å². The molecule has 0 unspecified atom stereocenters. The summed E-state index contributed by atoms with van der Waals surface area (Å²) in [5.41, 5.74) is 2.15. The second-order valence-corrected chi connectivity index (χ2v) is 4.47. The molecule has 0 saturated heterocycles. The third-order valence-electron chi connectivity index (χ3n) is 3.31. The molecule has 2 rings (SSSR count). The quantitative estimate of drug-likeness (QED) is 0.513. The molecule has 0 radical (unpaired) electrons. The molecule has 0 aromatic rings. The highest BCUT2D eigenvalue weighted by Gasteiger charge is 2.30. The third-order valence-corrected chi connectivity index (χ3v) is 3.31. The summed E-state index contributed by atoms with van der Waals surface area (Å²) >= 11 is 0. The van der Waals surface area contributed by atoms with Gasteiger partial charge in [0.2, 0.25) is 0 Å². The molecule has 0 N–H and O–H groups in total. The Morgan fingerprint density at radius 3 is 2.29 bits per heavy atom. The van der Waals surface area contributed by atoms with Gasteiger partial charge in [0.25, 0.3) is 0 Å². The van der Waals surface area contributed by atoms with Gasteiger partial charge in [0, 0.05) is 0 Å². The van der Waals surface area contributed by atoms with Crippen molar-refractivity contribution in [2.75, 3.05) is 0 Å². The zero-order chi connectivity index (χ0) is 10.4. The minimum absolute atomic E-state index is 0.580. The fourth-order valence-corrected chi connectivity index (χ4v) is 2.69. The molecule has 0 heteroatoms. The first-order chi connectivity index (χ1) is 6.81. The number of rotatable bonds is 0. The summed E-state index contributed by atoms with van der Waals surface area (Å²) in [6.07, 6.45) is 15.5. The Labute approximate surface area is 89.1 Å². The van der Waals surface area contributed by atoms with Gasteiger partial charge in [-0.2, -0.15) is 0 Å². The molecule has 0 nitrogen and oxygen atoms in total. The molecule has 0 atom stereocenters. The Morgan fingerprint density at radius 1 is 1.07 bits per heavy atom. The highest BCUT2D eigenvalue weighted by atomic mass is 14.3. The number of hydrogen-bond acceptors (Lipinski definition) is 0. The highest BCUT2D eigenvalue weighted by molar-refractivity contribution is 5.22. The Hall–Kier alpha value is -0.520. The van der Waals surface area contributed by atoms with E-state index in [-0.39, 0.29) is 0 Å². The van der Waals surface area contributed by atoms with E-state index in [4.69, 9.17) is 0 Å². The summed E-state index contributed by atoms with van der Waals surface area (Å²) in [4.78, 5) is 0. The molecule has 0 amide bonds. The van der Waals surface area contributed by atoms with Crippen molar-refractivity contribution in [3.8, 4) is 0 Å². The fourth-order valence-electron chi connectivity index (χ4n) is 2.69. The predicted octanol–water partition coefficient (Wildman–Crippen LogP) is 4.87. The molecule has 1 spiro atoms. The van der Waals surface area contributed by atoms with Crippen molar-refractivity contribution in [2.45, 2.75) is 59.3 Å². The van der Waals surface area contributed by atoms with Gasteiger partial charge in [-0.3, -0.25) is 0 Å². The first kappa shape index (κ1) is 11.6. The normalized spacial score (nSPS) is 23.8. The van der Waals surface area contributed by atoms with Gasteiger partial charge in [0.15, 0.2) is 0 Å². The first-order valence-electron chi connectivity index (χ1n) is 6.16. The molecule has 1 saturated carbocycles. The van der Waals surface area contributed by atoms with E-state index in [2.05, 4.69) is 25.2 Å². The van der Waals surface area contributed by atoms with E-state index in [1.54, 1.807) is 5.57 Å². The Kier molecular flexibility index (Phi) is 4.44. The van der Waals surface area contributed by atoms with Crippen LogP contribution in [-0.2, 0) is 0 Å². The van der Waals surface area contributed by atoms with Crippen LogP contribution in [0.25, 0.3) is 0 Å². The Bertz CT molecular complexity index is 214. The average Bonchev–Trinajstić information content (AvgIpc) is 2.21. The van der Waals surface area contributed by atoms with Gasteiger partial charge < -0.3 is 0 Å². The van der Waals surface area contributed by atoms with Crippen LogP contribution in [0.2, 0.25) is 0 Å². The molecular formula is C14H24. The molecule has 2 aliphatic carbocycles. The lowest BCUT2D eigenvalue weighted by Crippen LogP contribution is -2.23. The van der Waals surface area contributed by atoms with Crippen molar-refractivity contribution in [1.82, 2.24) is 0 Å². The van der Waals surface area contributed by atoms with Gasteiger partial charge in [0.1, 0.15) is 0 Å². The smallest absolute Gasteiger partial charge is 0.00780 e. The fraction of sp³-hybridized carbons (Fsp3) is 0.714. The monoisotopic (exact) mass is 192 g/mol. The van der Waals surface area contributed by atoms with Crippen LogP contribution in [0.5, 0.6) is 0 Å². The molecule has 0 bridgehead atoms. The van der Waals surface area contributed by atoms with Crippen molar-refractivity contribution in [1.29, 1.82) is 0 Å². The van der Waals surface area contributed by atoms with Crippen LogP contribution >= 0.6 is 0 Å². The van der Waals surface area contributed by atoms with Gasteiger partial charge in [-0.05, 0) is 31.6 Å². The van der Waals surface area contributed by atoms with E-state index < -0.39 is 0 Å².